The standard InChI is InChI=1S/C24H24ClNO4.C2H6/c1-14-11-19(16-7-6-8-17(12-16)26-15(2)27)20(25)13-18(14)21-22(28)24(30-23(21)29)9-4-3-5-10-24;1-2/h6-8,11-13,28H,3-5,9-10H2,1-2H3,(H,26,27);1-2H3. The SMILES string of the molecule is CC.CC(=O)Nc1cccc(-c2cc(C)c(C3=C(O)C4(CCCCC4)OC3=O)cc2Cl)c1. The summed E-state index contributed by atoms with van der Waals surface area (Å²) in [4.78, 5) is 24.1. The number of hydrogen-bond donors (Lipinski definition) is 2. The molecule has 4 rings (SSSR count). The Morgan fingerprint density at radius 3 is 2.44 bits per heavy atom. The minimum atomic E-state index is -0.880. The number of aliphatic hydroxyl groups excluding tert-OH is 1. The van der Waals surface area contributed by atoms with Gasteiger partial charge in [-0.05, 0) is 73.6 Å². The summed E-state index contributed by atoms with van der Waals surface area (Å²) in [5, 5.41) is 14.2. The highest BCUT2D eigenvalue weighted by Crippen LogP contribution is 2.46. The van der Waals surface area contributed by atoms with E-state index >= 15 is 0 Å². The zero-order valence-corrected chi connectivity index (χ0v) is 19.8. The van der Waals surface area contributed by atoms with Gasteiger partial charge < -0.3 is 15.2 Å². The van der Waals surface area contributed by atoms with Gasteiger partial charge in [-0.1, -0.05) is 44.0 Å². The van der Waals surface area contributed by atoms with Crippen molar-refractivity contribution < 1.29 is 19.4 Å². The van der Waals surface area contributed by atoms with Crippen LogP contribution in [0.5, 0.6) is 0 Å². The Kier molecular flexibility index (Phi) is 7.29. The summed E-state index contributed by atoms with van der Waals surface area (Å²) in [7, 11) is 0. The average molecular weight is 456 g/mol. The molecule has 5 nitrogen and oxygen atoms in total. The molecule has 0 saturated heterocycles. The molecule has 2 aromatic rings. The molecule has 0 aromatic heterocycles. The molecule has 2 aliphatic rings. The van der Waals surface area contributed by atoms with Crippen LogP contribution in [0.2, 0.25) is 5.02 Å². The van der Waals surface area contributed by atoms with Gasteiger partial charge >= 0.3 is 5.97 Å². The Morgan fingerprint density at radius 1 is 1.09 bits per heavy atom. The van der Waals surface area contributed by atoms with Crippen molar-refractivity contribution in [2.24, 2.45) is 0 Å². The van der Waals surface area contributed by atoms with Crippen LogP contribution in [0.15, 0.2) is 42.2 Å². The van der Waals surface area contributed by atoms with E-state index in [-0.39, 0.29) is 17.2 Å². The number of halogens is 1. The Labute approximate surface area is 194 Å². The molecule has 2 N–H and O–H groups in total. The highest BCUT2D eigenvalue weighted by molar-refractivity contribution is 6.34. The summed E-state index contributed by atoms with van der Waals surface area (Å²) < 4.78 is 5.69. The quantitative estimate of drug-likeness (QED) is 0.497. The topological polar surface area (TPSA) is 75.6 Å². The maximum Gasteiger partial charge on any atom is 0.343 e. The van der Waals surface area contributed by atoms with Crippen LogP contribution in [0.4, 0.5) is 5.69 Å². The lowest BCUT2D eigenvalue weighted by molar-refractivity contribution is -0.149. The van der Waals surface area contributed by atoms with Gasteiger partial charge in [0.05, 0.1) is 0 Å². The Morgan fingerprint density at radius 2 is 1.78 bits per heavy atom. The molecule has 1 heterocycles. The van der Waals surface area contributed by atoms with Crippen molar-refractivity contribution in [1.29, 1.82) is 0 Å². The molecule has 0 bridgehead atoms. The molecule has 0 unspecified atom stereocenters. The lowest BCUT2D eigenvalue weighted by Crippen LogP contribution is -2.34. The van der Waals surface area contributed by atoms with Gasteiger partial charge in [0, 0.05) is 23.2 Å². The van der Waals surface area contributed by atoms with Gasteiger partial charge in [0.15, 0.2) is 11.4 Å². The minimum absolute atomic E-state index is 0.0340. The summed E-state index contributed by atoms with van der Waals surface area (Å²) in [6, 6.07) is 11.0. The van der Waals surface area contributed by atoms with Crippen molar-refractivity contribution in [2.75, 3.05) is 5.32 Å². The van der Waals surface area contributed by atoms with Crippen molar-refractivity contribution in [2.45, 2.75) is 65.4 Å². The third-order valence-corrected chi connectivity index (χ3v) is 6.21. The number of aliphatic hydroxyl groups is 1. The van der Waals surface area contributed by atoms with E-state index in [2.05, 4.69) is 5.32 Å². The number of rotatable bonds is 3. The molecule has 6 heteroatoms. The van der Waals surface area contributed by atoms with E-state index in [0.29, 0.717) is 29.1 Å². The van der Waals surface area contributed by atoms with Gasteiger partial charge in [-0.15, -0.1) is 0 Å². The van der Waals surface area contributed by atoms with Gasteiger partial charge in [-0.25, -0.2) is 4.79 Å². The van der Waals surface area contributed by atoms with E-state index in [9.17, 15) is 14.7 Å². The number of ether oxygens (including phenoxy) is 1. The number of carbonyl (C=O) groups is 2. The lowest BCUT2D eigenvalue weighted by atomic mass is 9.82. The molecular weight excluding hydrogens is 426 g/mol. The average Bonchev–Trinajstić information content (AvgIpc) is 3.00. The molecule has 1 amide bonds. The van der Waals surface area contributed by atoms with Gasteiger partial charge in [0.1, 0.15) is 5.57 Å². The molecule has 32 heavy (non-hydrogen) atoms. The van der Waals surface area contributed by atoms with Crippen LogP contribution in [-0.4, -0.2) is 22.6 Å². The van der Waals surface area contributed by atoms with Gasteiger partial charge in [0.25, 0.3) is 0 Å². The summed E-state index contributed by atoms with van der Waals surface area (Å²) in [6.45, 7) is 7.34. The van der Waals surface area contributed by atoms with Gasteiger partial charge in [0.2, 0.25) is 5.91 Å². The van der Waals surface area contributed by atoms with Crippen LogP contribution in [0, 0.1) is 6.92 Å². The zero-order chi connectivity index (χ0) is 23.5. The van der Waals surface area contributed by atoms with E-state index in [4.69, 9.17) is 16.3 Å². The summed E-state index contributed by atoms with van der Waals surface area (Å²) >= 11 is 6.60. The Hall–Kier alpha value is -2.79. The van der Waals surface area contributed by atoms with E-state index in [1.54, 1.807) is 12.1 Å². The molecule has 1 aliphatic carbocycles. The number of carbonyl (C=O) groups excluding carboxylic acids is 2. The van der Waals surface area contributed by atoms with Crippen LogP contribution >= 0.6 is 11.6 Å². The normalized spacial score (nSPS) is 17.0. The number of anilines is 1. The fraction of sp³-hybridized carbons (Fsp3) is 0.385. The second-order valence-corrected chi connectivity index (χ2v) is 8.48. The number of aryl methyl sites for hydroxylation is 1. The number of esters is 1. The first-order valence-electron chi connectivity index (χ1n) is 11.2. The van der Waals surface area contributed by atoms with E-state index < -0.39 is 11.6 Å². The first kappa shape index (κ1) is 23.9. The van der Waals surface area contributed by atoms with Crippen molar-refractivity contribution in [1.82, 2.24) is 0 Å². The molecule has 1 aliphatic heterocycles. The summed E-state index contributed by atoms with van der Waals surface area (Å²) in [5.74, 6) is -0.607. The van der Waals surface area contributed by atoms with Gasteiger partial charge in [-0.3, -0.25) is 4.79 Å². The molecule has 2 aromatic carbocycles. The highest BCUT2D eigenvalue weighted by Gasteiger charge is 2.49. The smallest absolute Gasteiger partial charge is 0.343 e. The van der Waals surface area contributed by atoms with Crippen LogP contribution < -0.4 is 5.32 Å². The molecule has 0 atom stereocenters. The second-order valence-electron chi connectivity index (χ2n) is 8.08. The van der Waals surface area contributed by atoms with Crippen molar-refractivity contribution in [3.8, 4) is 11.1 Å². The fourth-order valence-corrected chi connectivity index (χ4v) is 4.71. The fourth-order valence-electron chi connectivity index (χ4n) is 4.44. The van der Waals surface area contributed by atoms with Crippen molar-refractivity contribution in [3.05, 3.63) is 58.3 Å². The van der Waals surface area contributed by atoms with Gasteiger partial charge in [-0.2, -0.15) is 0 Å². The molecule has 170 valence electrons. The molecule has 1 saturated carbocycles. The number of benzene rings is 2. The molecule has 1 spiro atoms. The monoisotopic (exact) mass is 455 g/mol. The highest BCUT2D eigenvalue weighted by atomic mass is 35.5. The predicted molar refractivity (Wildman–Crippen MR) is 129 cm³/mol. The summed E-state index contributed by atoms with van der Waals surface area (Å²) in [6.07, 6.45) is 4.23. The predicted octanol–water partition coefficient (Wildman–Crippen LogP) is 6.83. The first-order valence-corrected chi connectivity index (χ1v) is 11.5. The van der Waals surface area contributed by atoms with Crippen molar-refractivity contribution >= 4 is 34.7 Å². The maximum atomic E-state index is 12.7. The third kappa shape index (κ3) is 4.53. The molecule has 0 radical (unpaired) electrons. The molecular formula is C26H30ClNO4. The first-order chi connectivity index (χ1) is 15.3. The van der Waals surface area contributed by atoms with E-state index in [0.717, 1.165) is 36.0 Å². The summed E-state index contributed by atoms with van der Waals surface area (Å²) in [5.41, 5.74) is 3.04. The van der Waals surface area contributed by atoms with Crippen molar-refractivity contribution in [3.63, 3.8) is 0 Å². The third-order valence-electron chi connectivity index (χ3n) is 5.90. The largest absolute Gasteiger partial charge is 0.507 e. The zero-order valence-electron chi connectivity index (χ0n) is 19.0. The van der Waals surface area contributed by atoms with Crippen LogP contribution in [0.25, 0.3) is 16.7 Å². The Balaban J connectivity index is 0.00000141. The number of amides is 1. The lowest BCUT2D eigenvalue weighted by Gasteiger charge is -2.31. The Bertz CT molecular complexity index is 1070. The van der Waals surface area contributed by atoms with Crippen LogP contribution in [0.3, 0.4) is 0 Å². The maximum absolute atomic E-state index is 12.7. The molecule has 1 fully saturated rings. The van der Waals surface area contributed by atoms with Crippen LogP contribution in [-0.2, 0) is 14.3 Å². The number of hydrogen-bond acceptors (Lipinski definition) is 4. The van der Waals surface area contributed by atoms with Crippen LogP contribution in [0.1, 0.15) is 64.0 Å². The number of nitrogens with one attached hydrogen (secondary N) is 1. The van der Waals surface area contributed by atoms with E-state index in [1.807, 2.05) is 45.0 Å². The second kappa shape index (κ2) is 9.78. The minimum Gasteiger partial charge on any atom is -0.507 e. The van der Waals surface area contributed by atoms with E-state index in [1.165, 1.54) is 6.92 Å².